The summed E-state index contributed by atoms with van der Waals surface area (Å²) in [6.45, 7) is 2.22. The van der Waals surface area contributed by atoms with Crippen molar-refractivity contribution in [3.8, 4) is 17.2 Å². The van der Waals surface area contributed by atoms with E-state index in [-0.39, 0.29) is 23.3 Å². The van der Waals surface area contributed by atoms with Crippen LogP contribution in [0.3, 0.4) is 0 Å². The molecule has 0 radical (unpaired) electrons. The smallest absolute Gasteiger partial charge is 0.223 e. The fourth-order valence-electron chi connectivity index (χ4n) is 2.35. The zero-order chi connectivity index (χ0) is 16.8. The summed E-state index contributed by atoms with van der Waals surface area (Å²) in [6.07, 6.45) is 0.478. The third-order valence-electron chi connectivity index (χ3n) is 3.67. The van der Waals surface area contributed by atoms with Crippen molar-refractivity contribution in [3.05, 3.63) is 53.6 Å². The van der Waals surface area contributed by atoms with Gasteiger partial charge in [0.25, 0.3) is 0 Å². The molecule has 0 aliphatic heterocycles. The zero-order valence-electron chi connectivity index (χ0n) is 13.2. The van der Waals surface area contributed by atoms with Gasteiger partial charge in [-0.05, 0) is 30.2 Å². The number of carbonyl (C=O) groups excluding carboxylic acids is 1. The van der Waals surface area contributed by atoms with Gasteiger partial charge in [0, 0.05) is 18.0 Å². The maximum absolute atomic E-state index is 12.2. The van der Waals surface area contributed by atoms with Crippen molar-refractivity contribution < 1.29 is 19.7 Å². The Bertz CT molecular complexity index is 684. The number of hydrogen-bond acceptors (Lipinski definition) is 4. The van der Waals surface area contributed by atoms with Crippen molar-refractivity contribution in [2.24, 2.45) is 5.92 Å². The van der Waals surface area contributed by atoms with Crippen LogP contribution < -0.4 is 10.1 Å². The second kappa shape index (κ2) is 7.54. The molecule has 23 heavy (non-hydrogen) atoms. The minimum atomic E-state index is -0.256. The molecule has 0 spiro atoms. The molecule has 5 heteroatoms. The van der Waals surface area contributed by atoms with Gasteiger partial charge in [0.2, 0.25) is 5.91 Å². The van der Waals surface area contributed by atoms with Crippen molar-refractivity contribution in [1.82, 2.24) is 5.32 Å². The van der Waals surface area contributed by atoms with Crippen LogP contribution in [0.1, 0.15) is 18.1 Å². The number of para-hydroxylation sites is 1. The number of methoxy groups -OCH3 is 1. The van der Waals surface area contributed by atoms with E-state index in [2.05, 4.69) is 5.32 Å². The van der Waals surface area contributed by atoms with Crippen LogP contribution in [-0.2, 0) is 17.8 Å². The molecule has 0 bridgehead atoms. The number of phenols is 2. The van der Waals surface area contributed by atoms with E-state index in [0.717, 1.165) is 16.9 Å². The fraction of sp³-hybridized carbons (Fsp3) is 0.278. The summed E-state index contributed by atoms with van der Waals surface area (Å²) in [5.41, 5.74) is 1.71. The molecule has 0 saturated carbocycles. The van der Waals surface area contributed by atoms with E-state index in [0.29, 0.717) is 13.0 Å². The fourth-order valence-corrected chi connectivity index (χ4v) is 2.35. The molecule has 0 heterocycles. The Labute approximate surface area is 135 Å². The Morgan fingerprint density at radius 1 is 1.17 bits per heavy atom. The standard InChI is InChI=1S/C18H21NO4/c1-12(9-13-7-8-15(20)16(21)10-13)18(22)19-11-14-5-3-4-6-17(14)23-2/h3-8,10,12,20-21H,9,11H2,1-2H3,(H,19,22). The highest BCUT2D eigenvalue weighted by atomic mass is 16.5. The second-order valence-corrected chi connectivity index (χ2v) is 5.46. The second-order valence-electron chi connectivity index (χ2n) is 5.46. The number of rotatable bonds is 6. The van der Waals surface area contributed by atoms with Gasteiger partial charge in [-0.15, -0.1) is 0 Å². The van der Waals surface area contributed by atoms with E-state index in [1.165, 1.54) is 12.1 Å². The lowest BCUT2D eigenvalue weighted by Gasteiger charge is -2.14. The first-order chi connectivity index (χ1) is 11.0. The summed E-state index contributed by atoms with van der Waals surface area (Å²) in [5.74, 6) is 0.0622. The third kappa shape index (κ3) is 4.39. The predicted molar refractivity (Wildman–Crippen MR) is 87.5 cm³/mol. The molecule has 2 aromatic rings. The molecule has 0 fully saturated rings. The van der Waals surface area contributed by atoms with Crippen molar-refractivity contribution >= 4 is 5.91 Å². The number of ether oxygens (including phenoxy) is 1. The molecule has 122 valence electrons. The Hall–Kier alpha value is -2.69. The Balaban J connectivity index is 1.93. The SMILES string of the molecule is COc1ccccc1CNC(=O)C(C)Cc1ccc(O)c(O)c1. The van der Waals surface area contributed by atoms with Crippen molar-refractivity contribution in [2.75, 3.05) is 7.11 Å². The summed E-state index contributed by atoms with van der Waals surface area (Å²) in [5, 5.41) is 21.7. The van der Waals surface area contributed by atoms with E-state index in [1.54, 1.807) is 13.2 Å². The average Bonchev–Trinajstić information content (AvgIpc) is 2.56. The number of phenolic OH excluding ortho intramolecular Hbond substituents is 2. The van der Waals surface area contributed by atoms with E-state index >= 15 is 0 Å². The summed E-state index contributed by atoms with van der Waals surface area (Å²) in [6, 6.07) is 12.1. The highest BCUT2D eigenvalue weighted by Gasteiger charge is 2.15. The van der Waals surface area contributed by atoms with E-state index in [1.807, 2.05) is 31.2 Å². The summed E-state index contributed by atoms with van der Waals surface area (Å²) in [4.78, 5) is 12.2. The molecule has 0 saturated heterocycles. The van der Waals surface area contributed by atoms with Crippen molar-refractivity contribution in [2.45, 2.75) is 19.9 Å². The molecular formula is C18H21NO4. The molecule has 5 nitrogen and oxygen atoms in total. The van der Waals surface area contributed by atoms with Crippen LogP contribution in [-0.4, -0.2) is 23.2 Å². The molecule has 1 amide bonds. The van der Waals surface area contributed by atoms with Crippen LogP contribution in [0, 0.1) is 5.92 Å². The van der Waals surface area contributed by atoms with Crippen LogP contribution >= 0.6 is 0 Å². The van der Waals surface area contributed by atoms with Crippen LogP contribution in [0.15, 0.2) is 42.5 Å². The molecule has 2 aromatic carbocycles. The van der Waals surface area contributed by atoms with Gasteiger partial charge < -0.3 is 20.3 Å². The molecule has 1 unspecified atom stereocenters. The van der Waals surface area contributed by atoms with Crippen molar-refractivity contribution in [3.63, 3.8) is 0 Å². The van der Waals surface area contributed by atoms with E-state index in [9.17, 15) is 15.0 Å². The van der Waals surface area contributed by atoms with Gasteiger partial charge >= 0.3 is 0 Å². The van der Waals surface area contributed by atoms with Crippen LogP contribution in [0.2, 0.25) is 0 Å². The first kappa shape index (κ1) is 16.7. The van der Waals surface area contributed by atoms with Gasteiger partial charge in [-0.2, -0.15) is 0 Å². The third-order valence-corrected chi connectivity index (χ3v) is 3.67. The number of benzene rings is 2. The Morgan fingerprint density at radius 2 is 1.91 bits per heavy atom. The first-order valence-corrected chi connectivity index (χ1v) is 7.41. The molecule has 1 atom stereocenters. The Morgan fingerprint density at radius 3 is 2.61 bits per heavy atom. The summed E-state index contributed by atoms with van der Waals surface area (Å²) in [7, 11) is 1.60. The molecule has 2 rings (SSSR count). The molecule has 3 N–H and O–H groups in total. The van der Waals surface area contributed by atoms with Gasteiger partial charge in [-0.1, -0.05) is 31.2 Å². The zero-order valence-corrected chi connectivity index (χ0v) is 13.2. The maximum atomic E-state index is 12.2. The van der Waals surface area contributed by atoms with Gasteiger partial charge in [-0.3, -0.25) is 4.79 Å². The number of nitrogens with one attached hydrogen (secondary N) is 1. The highest BCUT2D eigenvalue weighted by molar-refractivity contribution is 5.78. The van der Waals surface area contributed by atoms with Gasteiger partial charge in [0.1, 0.15) is 5.75 Å². The van der Waals surface area contributed by atoms with E-state index < -0.39 is 0 Å². The summed E-state index contributed by atoms with van der Waals surface area (Å²) < 4.78 is 5.26. The minimum Gasteiger partial charge on any atom is -0.504 e. The molecular weight excluding hydrogens is 294 g/mol. The molecule has 0 aliphatic carbocycles. The quantitative estimate of drug-likeness (QED) is 0.716. The molecule has 0 aliphatic rings. The lowest BCUT2D eigenvalue weighted by molar-refractivity contribution is -0.124. The van der Waals surface area contributed by atoms with Crippen LogP contribution in [0.4, 0.5) is 0 Å². The van der Waals surface area contributed by atoms with Gasteiger partial charge in [0.05, 0.1) is 7.11 Å². The lowest BCUT2D eigenvalue weighted by Crippen LogP contribution is -2.30. The van der Waals surface area contributed by atoms with Gasteiger partial charge in [0.15, 0.2) is 11.5 Å². The number of amides is 1. The highest BCUT2D eigenvalue weighted by Crippen LogP contribution is 2.26. The monoisotopic (exact) mass is 315 g/mol. The number of hydrogen-bond donors (Lipinski definition) is 3. The number of aromatic hydroxyl groups is 2. The molecule has 0 aromatic heterocycles. The van der Waals surface area contributed by atoms with Crippen molar-refractivity contribution in [1.29, 1.82) is 0 Å². The predicted octanol–water partition coefficient (Wildman–Crippen LogP) is 2.60. The normalized spacial score (nSPS) is 11.7. The van der Waals surface area contributed by atoms with E-state index in [4.69, 9.17) is 4.74 Å². The largest absolute Gasteiger partial charge is 0.504 e. The first-order valence-electron chi connectivity index (χ1n) is 7.41. The van der Waals surface area contributed by atoms with Crippen LogP contribution in [0.25, 0.3) is 0 Å². The van der Waals surface area contributed by atoms with Crippen LogP contribution in [0.5, 0.6) is 17.2 Å². The average molecular weight is 315 g/mol. The lowest BCUT2D eigenvalue weighted by atomic mass is 10.00. The topological polar surface area (TPSA) is 78.8 Å². The maximum Gasteiger partial charge on any atom is 0.223 e. The Kier molecular flexibility index (Phi) is 5.46. The number of carbonyl (C=O) groups is 1. The van der Waals surface area contributed by atoms with Gasteiger partial charge in [-0.25, -0.2) is 0 Å². The summed E-state index contributed by atoms with van der Waals surface area (Å²) >= 11 is 0. The minimum absolute atomic E-state index is 0.0801.